The van der Waals surface area contributed by atoms with Crippen molar-refractivity contribution in [1.29, 1.82) is 0 Å². The van der Waals surface area contributed by atoms with E-state index >= 15 is 0 Å². The molecule has 0 radical (unpaired) electrons. The summed E-state index contributed by atoms with van der Waals surface area (Å²) in [6.07, 6.45) is -1.50. The molecular weight excluding hydrogens is 369 g/mol. The average molecular weight is 398 g/mol. The van der Waals surface area contributed by atoms with Crippen LogP contribution in [0.1, 0.15) is 41.5 Å². The van der Waals surface area contributed by atoms with Gasteiger partial charge >= 0.3 is 6.03 Å². The van der Waals surface area contributed by atoms with E-state index < -0.39 is 24.0 Å². The van der Waals surface area contributed by atoms with Crippen molar-refractivity contribution >= 4 is 41.0 Å². The first kappa shape index (κ1) is 23.8. The van der Waals surface area contributed by atoms with Gasteiger partial charge in [-0.3, -0.25) is 9.59 Å². The Morgan fingerprint density at radius 3 is 1.52 bits per heavy atom. The molecule has 0 spiro atoms. The lowest BCUT2D eigenvalue weighted by Gasteiger charge is -2.39. The van der Waals surface area contributed by atoms with Gasteiger partial charge in [0.05, 0.1) is 18.5 Å². The molecule has 0 saturated heterocycles. The number of amides is 4. The average Bonchev–Trinajstić information content (AvgIpc) is 2.44. The zero-order chi connectivity index (χ0) is 19.8. The first-order valence-electron chi connectivity index (χ1n) is 7.98. The largest absolute Gasteiger partial charge is 0.340 e. The van der Waals surface area contributed by atoms with E-state index in [9.17, 15) is 14.4 Å². The first-order chi connectivity index (χ1) is 11.4. The Kier molecular flexibility index (Phi) is 10.1. The Labute approximate surface area is 159 Å². The molecule has 0 aliphatic heterocycles. The molecule has 0 bridgehead atoms. The maximum absolute atomic E-state index is 12.1. The molecular formula is C15H29Cl2N5O3. The normalized spacial score (nSPS) is 15.1. The lowest BCUT2D eigenvalue weighted by molar-refractivity contribution is -0.122. The van der Waals surface area contributed by atoms with Gasteiger partial charge in [-0.2, -0.15) is 0 Å². The molecule has 0 aromatic heterocycles. The Morgan fingerprint density at radius 2 is 1.20 bits per heavy atom. The molecule has 3 unspecified atom stereocenters. The fraction of sp³-hybridized carbons (Fsp3) is 0.800. The van der Waals surface area contributed by atoms with Crippen molar-refractivity contribution in [3.63, 3.8) is 0 Å². The minimum atomic E-state index is -0.501. The van der Waals surface area contributed by atoms with Crippen molar-refractivity contribution in [2.45, 2.75) is 65.6 Å². The third-order valence-corrected chi connectivity index (χ3v) is 3.64. The van der Waals surface area contributed by atoms with Crippen LogP contribution < -0.4 is 21.3 Å². The second kappa shape index (κ2) is 10.7. The number of hydrogen-bond acceptors (Lipinski definition) is 4. The van der Waals surface area contributed by atoms with Crippen LogP contribution in [0.25, 0.3) is 0 Å². The topological polar surface area (TPSA) is 103 Å². The van der Waals surface area contributed by atoms with Crippen LogP contribution in [0.5, 0.6) is 0 Å². The van der Waals surface area contributed by atoms with Crippen LogP contribution in [0.2, 0.25) is 0 Å². The predicted molar refractivity (Wildman–Crippen MR) is 99.4 cm³/mol. The Morgan fingerprint density at radius 1 is 0.840 bits per heavy atom. The summed E-state index contributed by atoms with van der Waals surface area (Å²) < 4.78 is 0. The highest BCUT2D eigenvalue weighted by atomic mass is 35.5. The second-order valence-corrected chi connectivity index (χ2v) is 7.26. The van der Waals surface area contributed by atoms with Gasteiger partial charge in [-0.25, -0.2) is 9.69 Å². The Bertz CT molecular complexity index is 447. The summed E-state index contributed by atoms with van der Waals surface area (Å²) in [5.41, 5.74) is -0.397. The van der Waals surface area contributed by atoms with Gasteiger partial charge in [0, 0.05) is 5.54 Å². The lowest BCUT2D eigenvalue weighted by Crippen LogP contribution is -2.64. The highest BCUT2D eigenvalue weighted by Gasteiger charge is 2.29. The van der Waals surface area contributed by atoms with Crippen LogP contribution in [-0.2, 0) is 9.59 Å². The van der Waals surface area contributed by atoms with E-state index in [0.29, 0.717) is 0 Å². The van der Waals surface area contributed by atoms with E-state index in [2.05, 4.69) is 21.3 Å². The van der Waals surface area contributed by atoms with Crippen LogP contribution in [0, 0.1) is 0 Å². The SMILES string of the molecule is CC(NC(=O)CCl)N(C(C)NC(=O)CCl)C(C)NC(=O)NC(C)(C)C. The second-order valence-electron chi connectivity index (χ2n) is 6.73. The van der Waals surface area contributed by atoms with Gasteiger partial charge in [0.2, 0.25) is 11.8 Å². The smallest absolute Gasteiger partial charge is 0.316 e. The van der Waals surface area contributed by atoms with E-state index in [0.717, 1.165) is 0 Å². The van der Waals surface area contributed by atoms with Crippen LogP contribution in [0.3, 0.4) is 0 Å². The van der Waals surface area contributed by atoms with Gasteiger partial charge in [-0.1, -0.05) is 0 Å². The molecule has 4 amide bonds. The van der Waals surface area contributed by atoms with Gasteiger partial charge in [-0.05, 0) is 41.5 Å². The molecule has 0 aliphatic rings. The highest BCUT2D eigenvalue weighted by molar-refractivity contribution is 6.27. The third-order valence-electron chi connectivity index (χ3n) is 3.15. The van der Waals surface area contributed by atoms with Crippen LogP contribution >= 0.6 is 23.2 Å². The first-order valence-corrected chi connectivity index (χ1v) is 9.05. The molecule has 0 saturated carbocycles. The van der Waals surface area contributed by atoms with E-state index in [-0.39, 0.29) is 29.6 Å². The van der Waals surface area contributed by atoms with Crippen molar-refractivity contribution in [2.24, 2.45) is 0 Å². The zero-order valence-electron chi connectivity index (χ0n) is 15.6. The zero-order valence-corrected chi connectivity index (χ0v) is 17.1. The molecule has 0 rings (SSSR count). The van der Waals surface area contributed by atoms with E-state index in [4.69, 9.17) is 23.2 Å². The molecule has 0 aromatic rings. The Hall–Kier alpha value is -1.25. The molecule has 146 valence electrons. The number of rotatable bonds is 8. The summed E-state index contributed by atoms with van der Waals surface area (Å²) in [6, 6.07) is -0.364. The number of halogens is 2. The quantitative estimate of drug-likeness (QED) is 0.364. The maximum Gasteiger partial charge on any atom is 0.316 e. The van der Waals surface area contributed by atoms with Crippen molar-refractivity contribution in [1.82, 2.24) is 26.2 Å². The van der Waals surface area contributed by atoms with E-state index in [1.807, 2.05) is 20.8 Å². The number of carbonyl (C=O) groups is 3. The van der Waals surface area contributed by atoms with Crippen LogP contribution in [-0.4, -0.2) is 58.5 Å². The predicted octanol–water partition coefficient (Wildman–Crippen LogP) is 1.13. The fourth-order valence-corrected chi connectivity index (χ4v) is 2.49. The van der Waals surface area contributed by atoms with Crippen molar-refractivity contribution in [2.75, 3.05) is 11.8 Å². The molecule has 0 aromatic carbocycles. The summed E-state index contributed by atoms with van der Waals surface area (Å²) in [7, 11) is 0. The van der Waals surface area contributed by atoms with E-state index in [1.54, 1.807) is 25.7 Å². The molecule has 4 N–H and O–H groups in total. The molecule has 10 heteroatoms. The Balaban J connectivity index is 5.17. The number of carbonyl (C=O) groups excluding carboxylic acids is 3. The molecule has 0 fully saturated rings. The summed E-state index contributed by atoms with van der Waals surface area (Å²) in [5, 5.41) is 11.0. The maximum atomic E-state index is 12.1. The summed E-state index contributed by atoms with van der Waals surface area (Å²) in [5.74, 6) is -1.09. The highest BCUT2D eigenvalue weighted by Crippen LogP contribution is 2.08. The van der Waals surface area contributed by atoms with Crippen molar-refractivity contribution in [3.05, 3.63) is 0 Å². The van der Waals surface area contributed by atoms with Gasteiger partial charge in [-0.15, -0.1) is 23.2 Å². The molecule has 0 aliphatic carbocycles. The standard InChI is InChI=1S/C15H29Cl2N5O3/c1-9(18-12(23)7-16)22(10(2)19-13(24)8-17)11(3)20-14(25)21-15(4,5)6/h9-11H,7-8H2,1-6H3,(H,18,23)(H,19,24)(H2,20,21,25). The minimum absolute atomic E-state index is 0.188. The van der Waals surface area contributed by atoms with Crippen LogP contribution in [0.4, 0.5) is 4.79 Å². The van der Waals surface area contributed by atoms with E-state index in [1.165, 1.54) is 0 Å². The monoisotopic (exact) mass is 397 g/mol. The number of nitrogens with one attached hydrogen (secondary N) is 4. The number of hydrogen-bond donors (Lipinski definition) is 4. The van der Waals surface area contributed by atoms with Crippen LogP contribution in [0.15, 0.2) is 0 Å². The summed E-state index contributed by atoms with van der Waals surface area (Å²) in [6.45, 7) is 10.8. The number of urea groups is 1. The van der Waals surface area contributed by atoms with Gasteiger partial charge in [0.1, 0.15) is 11.8 Å². The van der Waals surface area contributed by atoms with Gasteiger partial charge in [0.15, 0.2) is 0 Å². The lowest BCUT2D eigenvalue weighted by atomic mass is 10.1. The number of nitrogens with zero attached hydrogens (tertiary/aromatic N) is 1. The summed E-state index contributed by atoms with van der Waals surface area (Å²) in [4.78, 5) is 37.0. The summed E-state index contributed by atoms with van der Waals surface area (Å²) >= 11 is 11.1. The molecule has 8 nitrogen and oxygen atoms in total. The third kappa shape index (κ3) is 9.72. The molecule has 0 heterocycles. The van der Waals surface area contributed by atoms with Crippen molar-refractivity contribution < 1.29 is 14.4 Å². The minimum Gasteiger partial charge on any atom is -0.340 e. The fourth-order valence-electron chi connectivity index (χ4n) is 2.34. The van der Waals surface area contributed by atoms with Gasteiger partial charge < -0.3 is 21.3 Å². The molecule has 3 atom stereocenters. The van der Waals surface area contributed by atoms with Gasteiger partial charge in [0.25, 0.3) is 0 Å². The van der Waals surface area contributed by atoms with Crippen molar-refractivity contribution in [3.8, 4) is 0 Å². The molecule has 25 heavy (non-hydrogen) atoms. The number of alkyl halides is 2.